The SMILES string of the molecule is CC12CCC(COC1)N2C(=O)N1CCOC[C@@H]1CNC(=O)c1ccc(-c2noc(C(F)(F)F)n2)cc1. The molecular weight excluding hydrogens is 483 g/mol. The first-order valence-electron chi connectivity index (χ1n) is 11.7. The molecule has 0 spiro atoms. The summed E-state index contributed by atoms with van der Waals surface area (Å²) in [6.45, 7) is 4.44. The number of benzene rings is 1. The van der Waals surface area contributed by atoms with Crippen LogP contribution in [0.1, 0.15) is 36.0 Å². The minimum atomic E-state index is -4.73. The molecule has 36 heavy (non-hydrogen) atoms. The Balaban J connectivity index is 1.22. The van der Waals surface area contributed by atoms with Gasteiger partial charge in [0, 0.05) is 24.2 Å². The zero-order valence-electron chi connectivity index (χ0n) is 19.6. The standard InChI is InChI=1S/C23H26F3N5O5/c1-22-7-6-16(11-35-13-22)31(22)21(33)30-8-9-34-12-17(30)10-27-19(32)15-4-2-14(3-5-15)18-28-20(36-29-18)23(24,25)26/h2-5,16-17H,6-13H2,1H3,(H,27,32)/t16?,17-,22?/m0/s1. The minimum Gasteiger partial charge on any atom is -0.377 e. The fourth-order valence-corrected chi connectivity index (χ4v) is 5.02. The topological polar surface area (TPSA) is 110 Å². The van der Waals surface area contributed by atoms with Crippen LogP contribution in [0.2, 0.25) is 0 Å². The number of morpholine rings is 2. The third kappa shape index (κ3) is 4.64. The Morgan fingerprint density at radius 2 is 1.97 bits per heavy atom. The van der Waals surface area contributed by atoms with Crippen molar-refractivity contribution in [2.75, 3.05) is 39.5 Å². The van der Waals surface area contributed by atoms with Gasteiger partial charge < -0.3 is 29.1 Å². The van der Waals surface area contributed by atoms with Crippen molar-refractivity contribution in [3.63, 3.8) is 0 Å². The van der Waals surface area contributed by atoms with Crippen molar-refractivity contribution >= 4 is 11.9 Å². The van der Waals surface area contributed by atoms with E-state index in [4.69, 9.17) is 9.47 Å². The number of alkyl halides is 3. The average Bonchev–Trinajstić information content (AvgIpc) is 3.44. The Hall–Kier alpha value is -3.19. The van der Waals surface area contributed by atoms with Crippen molar-refractivity contribution in [3.8, 4) is 11.4 Å². The van der Waals surface area contributed by atoms with E-state index in [1.54, 1.807) is 4.90 Å². The fraction of sp³-hybridized carbons (Fsp3) is 0.565. The third-order valence-corrected chi connectivity index (χ3v) is 6.94. The van der Waals surface area contributed by atoms with E-state index < -0.39 is 12.1 Å². The van der Waals surface area contributed by atoms with Crippen molar-refractivity contribution in [2.24, 2.45) is 0 Å². The van der Waals surface area contributed by atoms with E-state index in [9.17, 15) is 22.8 Å². The average molecular weight is 509 g/mol. The highest BCUT2D eigenvalue weighted by atomic mass is 19.4. The molecule has 0 radical (unpaired) electrons. The number of carbonyl (C=O) groups is 2. The van der Waals surface area contributed by atoms with Gasteiger partial charge in [-0.05, 0) is 31.9 Å². The number of ether oxygens (including phenoxy) is 2. The Morgan fingerprint density at radius 1 is 1.19 bits per heavy atom. The molecule has 3 fully saturated rings. The van der Waals surface area contributed by atoms with Gasteiger partial charge in [0.15, 0.2) is 0 Å². The molecule has 3 atom stereocenters. The van der Waals surface area contributed by atoms with Crippen LogP contribution >= 0.6 is 0 Å². The molecule has 4 heterocycles. The molecule has 13 heteroatoms. The number of nitrogens with one attached hydrogen (secondary N) is 1. The summed E-state index contributed by atoms with van der Waals surface area (Å²) < 4.78 is 53.5. The molecule has 3 saturated heterocycles. The van der Waals surface area contributed by atoms with Gasteiger partial charge in [0.05, 0.1) is 44.1 Å². The van der Waals surface area contributed by atoms with Gasteiger partial charge in [-0.2, -0.15) is 18.2 Å². The number of fused-ring (bicyclic) bond motifs is 2. The largest absolute Gasteiger partial charge is 0.471 e. The van der Waals surface area contributed by atoms with Crippen LogP contribution in [0.4, 0.5) is 18.0 Å². The van der Waals surface area contributed by atoms with Gasteiger partial charge in [0.1, 0.15) is 0 Å². The molecule has 5 rings (SSSR count). The predicted octanol–water partition coefficient (Wildman–Crippen LogP) is 2.56. The van der Waals surface area contributed by atoms with Crippen LogP contribution in [0.5, 0.6) is 0 Å². The summed E-state index contributed by atoms with van der Waals surface area (Å²) in [6, 6.07) is 5.46. The molecule has 1 aromatic heterocycles. The zero-order valence-corrected chi connectivity index (χ0v) is 19.6. The summed E-state index contributed by atoms with van der Waals surface area (Å²) >= 11 is 0. The van der Waals surface area contributed by atoms with E-state index >= 15 is 0 Å². The summed E-state index contributed by atoms with van der Waals surface area (Å²) in [5.74, 6) is -2.05. The molecule has 1 N–H and O–H groups in total. The second-order valence-electron chi connectivity index (χ2n) is 9.49. The maximum absolute atomic E-state index is 13.5. The van der Waals surface area contributed by atoms with E-state index in [1.165, 1.54) is 24.3 Å². The number of carbonyl (C=O) groups excluding carboxylic acids is 2. The minimum absolute atomic E-state index is 0.0549. The number of hydrogen-bond acceptors (Lipinski definition) is 7. The molecular formula is C23H26F3N5O5. The summed E-state index contributed by atoms with van der Waals surface area (Å²) in [4.78, 5) is 33.3. The number of hydrogen-bond donors (Lipinski definition) is 1. The number of urea groups is 1. The van der Waals surface area contributed by atoms with Crippen LogP contribution in [0.15, 0.2) is 28.8 Å². The summed E-state index contributed by atoms with van der Waals surface area (Å²) in [6.07, 6.45) is -2.93. The number of rotatable bonds is 4. The highest BCUT2D eigenvalue weighted by molar-refractivity contribution is 5.94. The van der Waals surface area contributed by atoms with Gasteiger partial charge in [-0.25, -0.2) is 4.79 Å². The molecule has 3 aliphatic heterocycles. The monoisotopic (exact) mass is 509 g/mol. The predicted molar refractivity (Wildman–Crippen MR) is 118 cm³/mol. The molecule has 3 amide bonds. The second-order valence-corrected chi connectivity index (χ2v) is 9.49. The van der Waals surface area contributed by atoms with E-state index in [2.05, 4.69) is 20.0 Å². The molecule has 194 valence electrons. The van der Waals surface area contributed by atoms with Crippen molar-refractivity contribution in [3.05, 3.63) is 35.7 Å². The highest BCUT2D eigenvalue weighted by Crippen LogP contribution is 2.39. The van der Waals surface area contributed by atoms with Crippen molar-refractivity contribution in [2.45, 2.75) is 43.6 Å². The molecule has 3 aliphatic rings. The number of nitrogens with zero attached hydrogens (tertiary/aromatic N) is 4. The normalized spacial score (nSPS) is 26.2. The Morgan fingerprint density at radius 3 is 2.67 bits per heavy atom. The zero-order chi connectivity index (χ0) is 25.5. The lowest BCUT2D eigenvalue weighted by Gasteiger charge is -2.47. The van der Waals surface area contributed by atoms with Gasteiger partial charge in [0.2, 0.25) is 5.82 Å². The van der Waals surface area contributed by atoms with Gasteiger partial charge in [0.25, 0.3) is 5.91 Å². The third-order valence-electron chi connectivity index (χ3n) is 6.94. The van der Waals surface area contributed by atoms with Crippen LogP contribution in [0, 0.1) is 0 Å². The maximum atomic E-state index is 13.5. The maximum Gasteiger partial charge on any atom is 0.471 e. The van der Waals surface area contributed by atoms with Crippen LogP contribution in [-0.4, -0.2) is 89.0 Å². The van der Waals surface area contributed by atoms with Crippen LogP contribution in [0.3, 0.4) is 0 Å². The lowest BCUT2D eigenvalue weighted by atomic mass is 10.0. The smallest absolute Gasteiger partial charge is 0.377 e. The van der Waals surface area contributed by atoms with E-state index in [1.807, 2.05) is 11.8 Å². The van der Waals surface area contributed by atoms with E-state index in [0.29, 0.717) is 38.5 Å². The lowest BCUT2D eigenvalue weighted by Crippen LogP contribution is -2.64. The van der Waals surface area contributed by atoms with E-state index in [-0.39, 0.29) is 47.5 Å². The Labute approximate surface area is 204 Å². The van der Waals surface area contributed by atoms with Crippen LogP contribution in [0.25, 0.3) is 11.4 Å². The first-order chi connectivity index (χ1) is 17.2. The fourth-order valence-electron chi connectivity index (χ4n) is 5.02. The number of aromatic nitrogens is 2. The van der Waals surface area contributed by atoms with Crippen molar-refractivity contribution < 1.29 is 36.8 Å². The highest BCUT2D eigenvalue weighted by Gasteiger charge is 2.51. The number of amides is 3. The number of halogens is 3. The molecule has 0 aliphatic carbocycles. The van der Waals surface area contributed by atoms with Crippen molar-refractivity contribution in [1.82, 2.24) is 25.3 Å². The molecule has 2 aromatic rings. The van der Waals surface area contributed by atoms with Crippen LogP contribution in [-0.2, 0) is 15.7 Å². The van der Waals surface area contributed by atoms with Crippen LogP contribution < -0.4 is 5.32 Å². The molecule has 2 bridgehead atoms. The van der Waals surface area contributed by atoms with Gasteiger partial charge in [-0.15, -0.1) is 0 Å². The van der Waals surface area contributed by atoms with Crippen molar-refractivity contribution in [1.29, 1.82) is 0 Å². The second kappa shape index (κ2) is 9.36. The van der Waals surface area contributed by atoms with Gasteiger partial charge in [-0.1, -0.05) is 17.3 Å². The first-order valence-corrected chi connectivity index (χ1v) is 11.7. The molecule has 2 unspecified atom stereocenters. The Bertz CT molecular complexity index is 1120. The van der Waals surface area contributed by atoms with Gasteiger partial charge >= 0.3 is 18.1 Å². The summed E-state index contributed by atoms with van der Waals surface area (Å²) in [5.41, 5.74) is 0.247. The molecule has 10 nitrogen and oxygen atoms in total. The lowest BCUT2D eigenvalue weighted by molar-refractivity contribution is -0.159. The Kier molecular flexibility index (Phi) is 6.37. The first kappa shape index (κ1) is 24.5. The molecule has 1 aromatic carbocycles. The van der Waals surface area contributed by atoms with E-state index in [0.717, 1.165) is 12.8 Å². The van der Waals surface area contributed by atoms with Gasteiger partial charge in [-0.3, -0.25) is 4.79 Å². The molecule has 0 saturated carbocycles. The summed E-state index contributed by atoms with van der Waals surface area (Å²) in [7, 11) is 0. The summed E-state index contributed by atoms with van der Waals surface area (Å²) in [5, 5.41) is 6.17. The quantitative estimate of drug-likeness (QED) is 0.675.